The quantitative estimate of drug-likeness (QED) is 0.497. The number of likely N-dealkylation sites (tertiary alicyclic amines) is 1. The van der Waals surface area contributed by atoms with Crippen LogP contribution in [0.25, 0.3) is 5.69 Å². The summed E-state index contributed by atoms with van der Waals surface area (Å²) in [6.45, 7) is 16.1. The molecule has 2 amide bonds. The van der Waals surface area contributed by atoms with Crippen LogP contribution in [0, 0.1) is 11.7 Å². The normalized spacial score (nSPS) is 15.4. The van der Waals surface area contributed by atoms with Crippen molar-refractivity contribution >= 4 is 12.0 Å². The number of carbonyl (C=O) groups is 2. The van der Waals surface area contributed by atoms with Crippen LogP contribution in [0.2, 0.25) is 0 Å². The second-order valence-corrected chi connectivity index (χ2v) is 12.3. The standard InChI is InChI=1S/C29H44FN5O5/c1-17(2)14-19(5)39-24-16-23(35-27(37)33(9)25(32-35)18(3)4)22(30)15-21(24)26(36)31-20-10-12-34(13-11-20)28(38)40-29(6,7)8/h15-20H,10-14H2,1-9H3,(H,31,36). The highest BCUT2D eigenvalue weighted by Crippen LogP contribution is 2.28. The molecule has 1 N–H and O–H groups in total. The molecule has 1 saturated heterocycles. The first-order valence-corrected chi connectivity index (χ1v) is 14.0. The number of carbonyl (C=O) groups excluding carboxylic acids is 2. The summed E-state index contributed by atoms with van der Waals surface area (Å²) in [6.07, 6.45) is 1.15. The number of amides is 2. The summed E-state index contributed by atoms with van der Waals surface area (Å²) in [7, 11) is 1.59. The molecule has 10 nitrogen and oxygen atoms in total. The van der Waals surface area contributed by atoms with Gasteiger partial charge in [0.2, 0.25) is 0 Å². The van der Waals surface area contributed by atoms with Crippen LogP contribution in [0.15, 0.2) is 16.9 Å². The summed E-state index contributed by atoms with van der Waals surface area (Å²) in [4.78, 5) is 40.3. The van der Waals surface area contributed by atoms with Crippen molar-refractivity contribution in [2.24, 2.45) is 13.0 Å². The summed E-state index contributed by atoms with van der Waals surface area (Å²) < 4.78 is 29.5. The highest BCUT2D eigenvalue weighted by molar-refractivity contribution is 5.97. The molecule has 1 aromatic carbocycles. The fraction of sp³-hybridized carbons (Fsp3) is 0.655. The van der Waals surface area contributed by atoms with Crippen molar-refractivity contribution in [3.05, 3.63) is 39.8 Å². The average molecular weight is 562 g/mol. The van der Waals surface area contributed by atoms with E-state index < -0.39 is 23.0 Å². The van der Waals surface area contributed by atoms with Crippen LogP contribution in [-0.2, 0) is 11.8 Å². The highest BCUT2D eigenvalue weighted by atomic mass is 19.1. The number of rotatable bonds is 8. The first kappa shape index (κ1) is 31.2. The third-order valence-electron chi connectivity index (χ3n) is 6.67. The van der Waals surface area contributed by atoms with E-state index in [9.17, 15) is 14.4 Å². The van der Waals surface area contributed by atoms with E-state index in [4.69, 9.17) is 9.47 Å². The van der Waals surface area contributed by atoms with Gasteiger partial charge in [0.05, 0.1) is 11.7 Å². The largest absolute Gasteiger partial charge is 0.490 e. The lowest BCUT2D eigenvalue weighted by Crippen LogP contribution is -2.47. The van der Waals surface area contributed by atoms with E-state index in [1.54, 1.807) is 11.9 Å². The fourth-order valence-corrected chi connectivity index (χ4v) is 4.82. The fourth-order valence-electron chi connectivity index (χ4n) is 4.82. The lowest BCUT2D eigenvalue weighted by molar-refractivity contribution is 0.0199. The van der Waals surface area contributed by atoms with Crippen LogP contribution >= 0.6 is 0 Å². The minimum absolute atomic E-state index is 0.0412. The van der Waals surface area contributed by atoms with Crippen molar-refractivity contribution in [3.8, 4) is 11.4 Å². The van der Waals surface area contributed by atoms with Crippen LogP contribution in [0.3, 0.4) is 0 Å². The molecule has 1 fully saturated rings. The number of aromatic nitrogens is 3. The summed E-state index contributed by atoms with van der Waals surface area (Å²) in [6, 6.07) is 2.28. The molecule has 3 rings (SSSR count). The molecular formula is C29H44FN5O5. The number of ether oxygens (including phenoxy) is 2. The van der Waals surface area contributed by atoms with Gasteiger partial charge in [-0.25, -0.2) is 14.0 Å². The van der Waals surface area contributed by atoms with Crippen molar-refractivity contribution in [3.63, 3.8) is 0 Å². The molecular weight excluding hydrogens is 517 g/mol. The maximum absolute atomic E-state index is 15.5. The van der Waals surface area contributed by atoms with Crippen molar-refractivity contribution in [1.29, 1.82) is 0 Å². The predicted octanol–water partition coefficient (Wildman–Crippen LogP) is 4.78. The third kappa shape index (κ3) is 7.63. The van der Waals surface area contributed by atoms with Gasteiger partial charge in [-0.05, 0) is 58.9 Å². The molecule has 1 unspecified atom stereocenters. The Bertz CT molecular complexity index is 1270. The molecule has 2 aromatic rings. The van der Waals surface area contributed by atoms with Crippen molar-refractivity contribution in [1.82, 2.24) is 24.6 Å². The van der Waals surface area contributed by atoms with E-state index in [0.29, 0.717) is 37.7 Å². The van der Waals surface area contributed by atoms with E-state index in [1.165, 1.54) is 10.6 Å². The Labute approximate surface area is 235 Å². The Balaban J connectivity index is 1.86. The van der Waals surface area contributed by atoms with E-state index in [0.717, 1.165) is 17.2 Å². The van der Waals surface area contributed by atoms with Gasteiger partial charge in [-0.3, -0.25) is 9.36 Å². The second kappa shape index (κ2) is 12.4. The molecule has 1 atom stereocenters. The Kier molecular flexibility index (Phi) is 9.68. The number of nitrogens with one attached hydrogen (secondary N) is 1. The molecule has 0 aliphatic carbocycles. The molecule has 40 heavy (non-hydrogen) atoms. The summed E-state index contributed by atoms with van der Waals surface area (Å²) in [5, 5.41) is 7.32. The molecule has 222 valence electrons. The van der Waals surface area contributed by atoms with Crippen molar-refractivity contribution in [2.75, 3.05) is 13.1 Å². The van der Waals surface area contributed by atoms with Gasteiger partial charge in [-0.15, -0.1) is 5.10 Å². The monoisotopic (exact) mass is 561 g/mol. The lowest BCUT2D eigenvalue weighted by atomic mass is 10.0. The Morgan fingerprint density at radius 1 is 1.12 bits per heavy atom. The van der Waals surface area contributed by atoms with E-state index >= 15 is 4.39 Å². The molecule has 2 heterocycles. The Morgan fingerprint density at radius 3 is 2.27 bits per heavy atom. The summed E-state index contributed by atoms with van der Waals surface area (Å²) in [5.41, 5.74) is -1.11. The van der Waals surface area contributed by atoms with E-state index in [-0.39, 0.29) is 41.2 Å². The number of hydrogen-bond acceptors (Lipinski definition) is 6. The van der Waals surface area contributed by atoms with Gasteiger partial charge in [0.1, 0.15) is 28.7 Å². The number of benzene rings is 1. The Hall–Kier alpha value is -3.37. The van der Waals surface area contributed by atoms with Crippen LogP contribution in [0.4, 0.5) is 9.18 Å². The number of piperidine rings is 1. The molecule has 0 spiro atoms. The molecule has 0 radical (unpaired) electrons. The van der Waals surface area contributed by atoms with Gasteiger partial charge in [0.15, 0.2) is 0 Å². The first-order valence-electron chi connectivity index (χ1n) is 14.0. The van der Waals surface area contributed by atoms with E-state index in [1.807, 2.05) is 41.5 Å². The highest BCUT2D eigenvalue weighted by Gasteiger charge is 2.29. The van der Waals surface area contributed by atoms with Gasteiger partial charge < -0.3 is 19.7 Å². The van der Waals surface area contributed by atoms with Crippen LogP contribution < -0.4 is 15.7 Å². The SMILES string of the molecule is CC(C)CC(C)Oc1cc(-n2nc(C(C)C)n(C)c2=O)c(F)cc1C(=O)NC1CCN(C(=O)OC(C)(C)C)CC1. The molecule has 1 aromatic heterocycles. The average Bonchev–Trinajstić information content (AvgIpc) is 3.13. The van der Waals surface area contributed by atoms with Gasteiger partial charge in [0.25, 0.3) is 5.91 Å². The smallest absolute Gasteiger partial charge is 0.410 e. The third-order valence-corrected chi connectivity index (χ3v) is 6.67. The van der Waals surface area contributed by atoms with E-state index in [2.05, 4.69) is 24.3 Å². The first-order chi connectivity index (χ1) is 18.6. The maximum Gasteiger partial charge on any atom is 0.410 e. The maximum atomic E-state index is 15.5. The zero-order valence-corrected chi connectivity index (χ0v) is 25.2. The van der Waals surface area contributed by atoms with Crippen LogP contribution in [-0.4, -0.2) is 62.1 Å². The summed E-state index contributed by atoms with van der Waals surface area (Å²) in [5.74, 6) is -0.255. The topological polar surface area (TPSA) is 108 Å². The molecule has 1 aliphatic heterocycles. The number of halogens is 1. The van der Waals surface area contributed by atoms with Gasteiger partial charge in [-0.1, -0.05) is 27.7 Å². The second-order valence-electron chi connectivity index (χ2n) is 12.3. The minimum Gasteiger partial charge on any atom is -0.490 e. The van der Waals surface area contributed by atoms with Crippen molar-refractivity contribution < 1.29 is 23.5 Å². The molecule has 1 aliphatic rings. The molecule has 0 bridgehead atoms. The summed E-state index contributed by atoms with van der Waals surface area (Å²) >= 11 is 0. The van der Waals surface area contributed by atoms with Gasteiger partial charge in [0, 0.05) is 38.2 Å². The zero-order chi connectivity index (χ0) is 29.9. The van der Waals surface area contributed by atoms with Crippen LogP contribution in [0.5, 0.6) is 5.75 Å². The number of nitrogens with zero attached hydrogens (tertiary/aromatic N) is 4. The molecule has 0 saturated carbocycles. The molecule has 11 heteroatoms. The zero-order valence-electron chi connectivity index (χ0n) is 25.2. The lowest BCUT2D eigenvalue weighted by Gasteiger charge is -2.33. The minimum atomic E-state index is -0.760. The predicted molar refractivity (Wildman–Crippen MR) is 151 cm³/mol. The Morgan fingerprint density at radius 2 is 1.75 bits per heavy atom. The van der Waals surface area contributed by atoms with Crippen molar-refractivity contribution in [2.45, 2.75) is 98.3 Å². The van der Waals surface area contributed by atoms with Gasteiger partial charge in [-0.2, -0.15) is 4.68 Å². The van der Waals surface area contributed by atoms with Gasteiger partial charge >= 0.3 is 11.8 Å². The number of hydrogen-bond donors (Lipinski definition) is 1. The van der Waals surface area contributed by atoms with Crippen LogP contribution in [0.1, 0.15) is 96.8 Å².